The molecule has 1 atom stereocenters. The third-order valence-corrected chi connectivity index (χ3v) is 3.08. The van der Waals surface area contributed by atoms with Gasteiger partial charge in [0.05, 0.1) is 11.0 Å². The summed E-state index contributed by atoms with van der Waals surface area (Å²) in [6, 6.07) is 8.05. The molecule has 1 aromatic carbocycles. The minimum absolute atomic E-state index is 0.0985. The lowest BCUT2D eigenvalue weighted by molar-refractivity contribution is -0.385. The van der Waals surface area contributed by atoms with Gasteiger partial charge in [-0.25, -0.2) is 4.98 Å². The average Bonchev–Trinajstić information content (AvgIpc) is 2.47. The molecule has 0 amide bonds. The van der Waals surface area contributed by atoms with E-state index in [0.29, 0.717) is 12.0 Å². The molecule has 0 saturated carbocycles. The normalized spacial score (nSPS) is 12.0. The van der Waals surface area contributed by atoms with Crippen molar-refractivity contribution in [1.82, 2.24) is 4.98 Å². The zero-order valence-electron chi connectivity index (χ0n) is 11.8. The summed E-state index contributed by atoms with van der Waals surface area (Å²) in [5, 5.41) is 20.7. The van der Waals surface area contributed by atoms with Crippen LogP contribution in [0.4, 0.5) is 5.69 Å². The van der Waals surface area contributed by atoms with E-state index >= 15 is 0 Å². The van der Waals surface area contributed by atoms with Crippen LogP contribution in [0.25, 0.3) is 0 Å². The number of pyridine rings is 1. The molecule has 110 valence electrons. The monoisotopic (exact) mass is 288 g/mol. The van der Waals surface area contributed by atoms with Gasteiger partial charge in [-0.15, -0.1) is 0 Å². The van der Waals surface area contributed by atoms with Gasteiger partial charge in [-0.2, -0.15) is 0 Å². The van der Waals surface area contributed by atoms with Gasteiger partial charge in [0.1, 0.15) is 0 Å². The number of nitro benzene ring substituents is 1. The maximum atomic E-state index is 11.1. The maximum Gasteiger partial charge on any atom is 0.311 e. The van der Waals surface area contributed by atoms with Crippen LogP contribution in [0.1, 0.15) is 31.1 Å². The smallest absolute Gasteiger partial charge is 0.311 e. The van der Waals surface area contributed by atoms with Gasteiger partial charge < -0.3 is 9.84 Å². The van der Waals surface area contributed by atoms with E-state index in [4.69, 9.17) is 4.74 Å². The van der Waals surface area contributed by atoms with Crippen LogP contribution in [0, 0.1) is 10.1 Å². The number of ether oxygens (including phenoxy) is 1. The molecule has 0 aliphatic heterocycles. The van der Waals surface area contributed by atoms with Gasteiger partial charge in [-0.3, -0.25) is 10.1 Å². The number of nitro groups is 1. The molecule has 2 aromatic rings. The van der Waals surface area contributed by atoms with Crippen LogP contribution in [0.2, 0.25) is 0 Å². The number of rotatable bonds is 5. The van der Waals surface area contributed by atoms with Crippen molar-refractivity contribution in [1.29, 1.82) is 0 Å². The fourth-order valence-corrected chi connectivity index (χ4v) is 1.86. The molecule has 1 N–H and O–H groups in total. The lowest BCUT2D eigenvalue weighted by Gasteiger charge is -2.09. The van der Waals surface area contributed by atoms with Crippen molar-refractivity contribution < 1.29 is 14.8 Å². The predicted octanol–water partition coefficient (Wildman–Crippen LogP) is 3.40. The zero-order valence-corrected chi connectivity index (χ0v) is 11.8. The van der Waals surface area contributed by atoms with E-state index in [2.05, 4.69) is 4.98 Å². The molecule has 0 unspecified atom stereocenters. The topological polar surface area (TPSA) is 85.5 Å². The van der Waals surface area contributed by atoms with Gasteiger partial charge >= 0.3 is 5.69 Å². The molecular formula is C15H16N2O4. The molecule has 1 heterocycles. The second-order valence-electron chi connectivity index (χ2n) is 4.62. The minimum Gasteiger partial charge on any atom is -0.432 e. The number of aryl methyl sites for hydroxylation is 1. The van der Waals surface area contributed by atoms with E-state index in [1.54, 1.807) is 31.2 Å². The van der Waals surface area contributed by atoms with Crippen molar-refractivity contribution in [2.24, 2.45) is 0 Å². The Balaban J connectivity index is 2.35. The lowest BCUT2D eigenvalue weighted by atomic mass is 10.1. The number of hydrogen-bond acceptors (Lipinski definition) is 5. The summed E-state index contributed by atoms with van der Waals surface area (Å²) in [7, 11) is 0. The molecule has 0 aliphatic rings. The van der Waals surface area contributed by atoms with E-state index in [0.717, 1.165) is 5.56 Å². The summed E-state index contributed by atoms with van der Waals surface area (Å²) < 4.78 is 5.50. The lowest BCUT2D eigenvalue weighted by Crippen LogP contribution is -1.97. The number of aromatic nitrogens is 1. The van der Waals surface area contributed by atoms with Gasteiger partial charge in [-0.05, 0) is 36.6 Å². The fourth-order valence-electron chi connectivity index (χ4n) is 1.86. The average molecular weight is 288 g/mol. The number of hydrogen-bond donors (Lipinski definition) is 1. The van der Waals surface area contributed by atoms with E-state index < -0.39 is 11.0 Å². The first-order valence-corrected chi connectivity index (χ1v) is 6.60. The molecule has 6 heteroatoms. The molecule has 2 rings (SSSR count). The summed E-state index contributed by atoms with van der Waals surface area (Å²) >= 11 is 0. The van der Waals surface area contributed by atoms with Crippen LogP contribution in [0.5, 0.6) is 11.6 Å². The van der Waals surface area contributed by atoms with Crippen LogP contribution in [-0.2, 0) is 6.42 Å². The Hall–Kier alpha value is -2.47. The quantitative estimate of drug-likeness (QED) is 0.673. The second kappa shape index (κ2) is 6.32. The maximum absolute atomic E-state index is 11.1. The van der Waals surface area contributed by atoms with Gasteiger partial charge in [0.2, 0.25) is 11.6 Å². The fraction of sp³-hybridized carbons (Fsp3) is 0.267. The van der Waals surface area contributed by atoms with Gasteiger partial charge in [0, 0.05) is 18.3 Å². The van der Waals surface area contributed by atoms with Crippen molar-refractivity contribution in [3.05, 3.63) is 57.8 Å². The number of benzene rings is 1. The van der Waals surface area contributed by atoms with E-state index in [1.807, 2.05) is 6.92 Å². The molecule has 21 heavy (non-hydrogen) atoms. The Bertz CT molecular complexity index is 656. The first-order chi connectivity index (χ1) is 10.0. The third-order valence-electron chi connectivity index (χ3n) is 3.08. The van der Waals surface area contributed by atoms with Crippen molar-refractivity contribution in [3.63, 3.8) is 0 Å². The molecule has 1 aromatic heterocycles. The predicted molar refractivity (Wildman–Crippen MR) is 77.4 cm³/mol. The standard InChI is InChI=1S/C15H16N2O4/c1-3-11-4-5-14(13(8-11)17(19)20)21-15-9-12(10(2)18)6-7-16-15/h4-10,18H,3H2,1-2H3/t10-/m1/s1. The molecule has 0 radical (unpaired) electrons. The Morgan fingerprint density at radius 3 is 2.76 bits per heavy atom. The highest BCUT2D eigenvalue weighted by Gasteiger charge is 2.17. The molecule has 6 nitrogen and oxygen atoms in total. The first kappa shape index (κ1) is 14.9. The van der Waals surface area contributed by atoms with Crippen LogP contribution in [-0.4, -0.2) is 15.0 Å². The van der Waals surface area contributed by atoms with Crippen LogP contribution >= 0.6 is 0 Å². The van der Waals surface area contributed by atoms with E-state index in [-0.39, 0.29) is 17.3 Å². The molecule has 0 spiro atoms. The van der Waals surface area contributed by atoms with Crippen LogP contribution in [0.3, 0.4) is 0 Å². The highest BCUT2D eigenvalue weighted by molar-refractivity contribution is 5.50. The summed E-state index contributed by atoms with van der Waals surface area (Å²) in [6.45, 7) is 3.55. The Labute approximate surface area is 122 Å². The molecular weight excluding hydrogens is 272 g/mol. The van der Waals surface area contributed by atoms with Crippen molar-refractivity contribution >= 4 is 5.69 Å². The third kappa shape index (κ3) is 3.55. The molecule has 0 fully saturated rings. The summed E-state index contributed by atoms with van der Waals surface area (Å²) in [4.78, 5) is 14.6. The van der Waals surface area contributed by atoms with Crippen LogP contribution in [0.15, 0.2) is 36.5 Å². The number of aliphatic hydroxyl groups is 1. The van der Waals surface area contributed by atoms with Gasteiger partial charge in [0.25, 0.3) is 0 Å². The minimum atomic E-state index is -0.659. The molecule has 0 bridgehead atoms. The number of nitrogens with zero attached hydrogens (tertiary/aromatic N) is 2. The van der Waals surface area contributed by atoms with E-state index in [9.17, 15) is 15.2 Å². The highest BCUT2D eigenvalue weighted by atomic mass is 16.6. The summed E-state index contributed by atoms with van der Waals surface area (Å²) in [6.07, 6.45) is 1.54. The van der Waals surface area contributed by atoms with Crippen molar-refractivity contribution in [2.75, 3.05) is 0 Å². The van der Waals surface area contributed by atoms with Crippen LogP contribution < -0.4 is 4.74 Å². The number of aliphatic hydroxyl groups excluding tert-OH is 1. The zero-order chi connectivity index (χ0) is 15.4. The molecule has 0 saturated heterocycles. The van der Waals surface area contributed by atoms with Crippen molar-refractivity contribution in [2.45, 2.75) is 26.4 Å². The largest absolute Gasteiger partial charge is 0.432 e. The summed E-state index contributed by atoms with van der Waals surface area (Å²) in [5.74, 6) is 0.341. The van der Waals surface area contributed by atoms with E-state index in [1.165, 1.54) is 12.3 Å². The second-order valence-corrected chi connectivity index (χ2v) is 4.62. The highest BCUT2D eigenvalue weighted by Crippen LogP contribution is 2.32. The SMILES string of the molecule is CCc1ccc(Oc2cc([C@@H](C)O)ccn2)c([N+](=O)[O-])c1. The summed E-state index contributed by atoms with van der Waals surface area (Å²) in [5.41, 5.74) is 1.39. The Morgan fingerprint density at radius 2 is 2.14 bits per heavy atom. The van der Waals surface area contributed by atoms with Crippen molar-refractivity contribution in [3.8, 4) is 11.6 Å². The molecule has 0 aliphatic carbocycles. The first-order valence-electron chi connectivity index (χ1n) is 6.60. The Kier molecular flexibility index (Phi) is 4.49. The Morgan fingerprint density at radius 1 is 1.38 bits per heavy atom. The van der Waals surface area contributed by atoms with Gasteiger partial charge in [0.15, 0.2) is 0 Å². The van der Waals surface area contributed by atoms with Gasteiger partial charge in [-0.1, -0.05) is 13.0 Å².